The van der Waals surface area contributed by atoms with Crippen LogP contribution in [0.25, 0.3) is 0 Å². The SMILES string of the molecule is O=C1C(Nc2ccc(O)cc2)=C(Nc2ccccc2Br)C1O. The van der Waals surface area contributed by atoms with Gasteiger partial charge in [-0.25, -0.2) is 0 Å². The predicted octanol–water partition coefficient (Wildman–Crippen LogP) is 2.83. The van der Waals surface area contributed by atoms with E-state index in [1.807, 2.05) is 24.3 Å². The highest BCUT2D eigenvalue weighted by Gasteiger charge is 2.38. The Labute approximate surface area is 135 Å². The number of hydrogen-bond acceptors (Lipinski definition) is 5. The molecule has 0 aliphatic heterocycles. The summed E-state index contributed by atoms with van der Waals surface area (Å²) in [5, 5.41) is 25.1. The monoisotopic (exact) mass is 360 g/mol. The van der Waals surface area contributed by atoms with Gasteiger partial charge in [-0.05, 0) is 52.3 Å². The number of carbonyl (C=O) groups excluding carboxylic acids is 1. The van der Waals surface area contributed by atoms with Crippen LogP contribution in [0.2, 0.25) is 0 Å². The van der Waals surface area contributed by atoms with Gasteiger partial charge >= 0.3 is 0 Å². The average molecular weight is 361 g/mol. The number of carbonyl (C=O) groups is 1. The van der Waals surface area contributed by atoms with Crippen LogP contribution in [0.15, 0.2) is 64.4 Å². The summed E-state index contributed by atoms with van der Waals surface area (Å²) in [6.45, 7) is 0. The molecule has 0 amide bonds. The molecule has 0 saturated carbocycles. The number of phenolic OH excluding ortho intramolecular Hbond substituents is 1. The van der Waals surface area contributed by atoms with E-state index in [0.717, 1.165) is 10.2 Å². The Morgan fingerprint density at radius 3 is 2.36 bits per heavy atom. The molecule has 1 atom stereocenters. The van der Waals surface area contributed by atoms with Gasteiger partial charge in [-0.2, -0.15) is 0 Å². The van der Waals surface area contributed by atoms with Crippen molar-refractivity contribution >= 4 is 33.1 Å². The number of para-hydroxylation sites is 1. The number of anilines is 2. The molecule has 6 heteroatoms. The summed E-state index contributed by atoms with van der Waals surface area (Å²) in [7, 11) is 0. The summed E-state index contributed by atoms with van der Waals surface area (Å²) >= 11 is 3.41. The van der Waals surface area contributed by atoms with E-state index in [4.69, 9.17) is 0 Å². The number of Topliss-reactive ketones (excluding diaryl/α,β-unsaturated/α-hetero) is 1. The van der Waals surface area contributed by atoms with E-state index in [-0.39, 0.29) is 11.5 Å². The molecule has 4 N–H and O–H groups in total. The molecule has 3 rings (SSSR count). The maximum atomic E-state index is 11.8. The first kappa shape index (κ1) is 14.6. The first-order valence-electron chi connectivity index (χ1n) is 6.60. The minimum absolute atomic E-state index is 0.145. The second-order valence-corrected chi connectivity index (χ2v) is 5.69. The predicted molar refractivity (Wildman–Crippen MR) is 87.5 cm³/mol. The van der Waals surface area contributed by atoms with Crippen LogP contribution in [-0.2, 0) is 4.79 Å². The van der Waals surface area contributed by atoms with Crippen molar-refractivity contribution in [2.45, 2.75) is 6.10 Å². The summed E-state index contributed by atoms with van der Waals surface area (Å²) < 4.78 is 0.832. The first-order valence-corrected chi connectivity index (χ1v) is 7.39. The van der Waals surface area contributed by atoms with E-state index in [1.165, 1.54) is 12.1 Å². The third kappa shape index (κ3) is 2.70. The Balaban J connectivity index is 1.86. The van der Waals surface area contributed by atoms with Gasteiger partial charge in [0.1, 0.15) is 11.4 Å². The molecule has 0 bridgehead atoms. The number of hydrogen-bond donors (Lipinski definition) is 4. The summed E-state index contributed by atoms with van der Waals surface area (Å²) in [4.78, 5) is 11.8. The number of aromatic hydroxyl groups is 1. The Kier molecular flexibility index (Phi) is 3.87. The molecule has 0 radical (unpaired) electrons. The van der Waals surface area contributed by atoms with E-state index in [9.17, 15) is 15.0 Å². The van der Waals surface area contributed by atoms with Crippen LogP contribution >= 0.6 is 15.9 Å². The second kappa shape index (κ2) is 5.82. The van der Waals surface area contributed by atoms with Crippen molar-refractivity contribution in [1.82, 2.24) is 0 Å². The van der Waals surface area contributed by atoms with Gasteiger partial charge in [0.2, 0.25) is 5.78 Å². The molecule has 0 saturated heterocycles. The molecule has 1 aliphatic rings. The molecule has 2 aromatic carbocycles. The molecule has 0 aromatic heterocycles. The Hall–Kier alpha value is -2.31. The second-order valence-electron chi connectivity index (χ2n) is 4.83. The zero-order valence-electron chi connectivity index (χ0n) is 11.4. The van der Waals surface area contributed by atoms with Crippen molar-refractivity contribution in [1.29, 1.82) is 0 Å². The molecule has 112 valence electrons. The Morgan fingerprint density at radius 2 is 1.68 bits per heavy atom. The van der Waals surface area contributed by atoms with Crippen LogP contribution < -0.4 is 10.6 Å². The Morgan fingerprint density at radius 1 is 1.00 bits per heavy atom. The molecule has 22 heavy (non-hydrogen) atoms. The minimum atomic E-state index is -1.16. The van der Waals surface area contributed by atoms with Crippen LogP contribution in [0.3, 0.4) is 0 Å². The number of phenols is 1. The van der Waals surface area contributed by atoms with Gasteiger partial charge < -0.3 is 20.8 Å². The van der Waals surface area contributed by atoms with Gasteiger partial charge in [0.25, 0.3) is 0 Å². The smallest absolute Gasteiger partial charge is 0.215 e. The third-order valence-electron chi connectivity index (χ3n) is 3.32. The van der Waals surface area contributed by atoms with Crippen LogP contribution in [0.5, 0.6) is 5.75 Å². The number of rotatable bonds is 4. The van der Waals surface area contributed by atoms with Gasteiger partial charge in [0, 0.05) is 10.2 Å². The molecule has 5 nitrogen and oxygen atoms in total. The molecule has 1 aliphatic carbocycles. The fourth-order valence-electron chi connectivity index (χ4n) is 2.12. The molecule has 2 aromatic rings. The lowest BCUT2D eigenvalue weighted by Gasteiger charge is -2.30. The highest BCUT2D eigenvalue weighted by molar-refractivity contribution is 9.10. The number of aliphatic hydroxyl groups excluding tert-OH is 1. The number of benzene rings is 2. The first-order chi connectivity index (χ1) is 10.6. The number of aliphatic hydroxyl groups is 1. The molecular weight excluding hydrogens is 348 g/mol. The van der Waals surface area contributed by atoms with Crippen molar-refractivity contribution in [3.8, 4) is 5.75 Å². The highest BCUT2D eigenvalue weighted by atomic mass is 79.9. The summed E-state index contributed by atoms with van der Waals surface area (Å²) in [5.41, 5.74) is 2.15. The molecule has 1 unspecified atom stereocenters. The van der Waals surface area contributed by atoms with Gasteiger partial charge in [-0.1, -0.05) is 12.1 Å². The van der Waals surface area contributed by atoms with Crippen molar-refractivity contribution in [2.24, 2.45) is 0 Å². The van der Waals surface area contributed by atoms with Gasteiger partial charge in [0.15, 0.2) is 6.10 Å². The zero-order valence-corrected chi connectivity index (χ0v) is 13.0. The third-order valence-corrected chi connectivity index (χ3v) is 4.01. The van der Waals surface area contributed by atoms with E-state index < -0.39 is 6.10 Å². The van der Waals surface area contributed by atoms with E-state index in [2.05, 4.69) is 26.6 Å². The molecule has 0 heterocycles. The van der Waals surface area contributed by atoms with Crippen LogP contribution in [0.1, 0.15) is 0 Å². The van der Waals surface area contributed by atoms with Crippen molar-refractivity contribution in [3.63, 3.8) is 0 Å². The fraction of sp³-hybridized carbons (Fsp3) is 0.0625. The average Bonchev–Trinajstić information content (AvgIpc) is 2.53. The minimum Gasteiger partial charge on any atom is -0.508 e. The molecule has 0 spiro atoms. The number of halogens is 1. The summed E-state index contributed by atoms with van der Waals surface area (Å²) in [6, 6.07) is 13.8. The fourth-order valence-corrected chi connectivity index (χ4v) is 2.50. The maximum Gasteiger partial charge on any atom is 0.215 e. The lowest BCUT2D eigenvalue weighted by atomic mass is 9.94. The van der Waals surface area contributed by atoms with Crippen LogP contribution in [0, 0.1) is 0 Å². The zero-order chi connectivity index (χ0) is 15.7. The largest absolute Gasteiger partial charge is 0.508 e. The van der Waals surface area contributed by atoms with Gasteiger partial charge in [-0.3, -0.25) is 4.79 Å². The quantitative estimate of drug-likeness (QED) is 0.630. The van der Waals surface area contributed by atoms with Crippen LogP contribution in [0.4, 0.5) is 11.4 Å². The molecule has 0 fully saturated rings. The van der Waals surface area contributed by atoms with Gasteiger partial charge in [0.05, 0.1) is 11.4 Å². The van der Waals surface area contributed by atoms with Crippen molar-refractivity contribution < 1.29 is 15.0 Å². The summed E-state index contributed by atoms with van der Waals surface area (Å²) in [5.74, 6) is -0.228. The van der Waals surface area contributed by atoms with E-state index in [0.29, 0.717) is 17.1 Å². The normalized spacial score (nSPS) is 17.2. The standard InChI is InChI=1S/C16H13BrN2O3/c17-11-3-1-2-4-12(11)19-14-13(15(21)16(14)22)18-9-5-7-10(20)8-6-9/h1-8,16,18-20,22H. The number of nitrogens with one attached hydrogen (secondary N) is 2. The number of ketones is 1. The highest BCUT2D eigenvalue weighted by Crippen LogP contribution is 2.31. The van der Waals surface area contributed by atoms with E-state index >= 15 is 0 Å². The Bertz CT molecular complexity index is 756. The topological polar surface area (TPSA) is 81.6 Å². The van der Waals surface area contributed by atoms with Crippen molar-refractivity contribution in [2.75, 3.05) is 10.6 Å². The molecular formula is C16H13BrN2O3. The van der Waals surface area contributed by atoms with Crippen LogP contribution in [-0.4, -0.2) is 22.1 Å². The van der Waals surface area contributed by atoms with Gasteiger partial charge in [-0.15, -0.1) is 0 Å². The lowest BCUT2D eigenvalue weighted by Crippen LogP contribution is -2.43. The maximum absolute atomic E-state index is 11.8. The van der Waals surface area contributed by atoms with E-state index in [1.54, 1.807) is 12.1 Å². The summed E-state index contributed by atoms with van der Waals surface area (Å²) in [6.07, 6.45) is -1.16. The lowest BCUT2D eigenvalue weighted by molar-refractivity contribution is -0.124. The van der Waals surface area contributed by atoms with Crippen molar-refractivity contribution in [3.05, 3.63) is 64.4 Å².